The van der Waals surface area contributed by atoms with Gasteiger partial charge in [0.15, 0.2) is 0 Å². The maximum absolute atomic E-state index is 2.66. The first kappa shape index (κ1) is 27.2. The van der Waals surface area contributed by atoms with Crippen molar-refractivity contribution in [3.8, 4) is 0 Å². The Bertz CT molecular complexity index is 271. The Hall–Kier alpha value is 0.170. The molecule has 162 valence electrons. The predicted molar refractivity (Wildman–Crippen MR) is 131 cm³/mol. The molecule has 0 aromatic rings. The van der Waals surface area contributed by atoms with Crippen molar-refractivity contribution >= 4 is 9.24 Å². The predicted octanol–water partition coefficient (Wildman–Crippen LogP) is 10.4. The van der Waals surface area contributed by atoms with Crippen molar-refractivity contribution in [3.05, 3.63) is 11.9 Å². The van der Waals surface area contributed by atoms with E-state index in [1.807, 2.05) is 0 Å². The second-order valence-electron chi connectivity index (χ2n) is 8.64. The van der Waals surface area contributed by atoms with Gasteiger partial charge in [-0.05, 0) is 12.8 Å². The molecule has 0 radical (unpaired) electrons. The minimum absolute atomic E-state index is 1.27. The van der Waals surface area contributed by atoms with E-state index in [4.69, 9.17) is 0 Å². The normalized spacial score (nSPS) is 11.6. The fraction of sp³-hybridized carbons (Fsp3) is 0.923. The van der Waals surface area contributed by atoms with Crippen molar-refractivity contribution in [2.24, 2.45) is 0 Å². The topological polar surface area (TPSA) is 0 Å². The van der Waals surface area contributed by atoms with Crippen LogP contribution in [0.1, 0.15) is 155 Å². The van der Waals surface area contributed by atoms with E-state index in [0.717, 1.165) is 0 Å². The van der Waals surface area contributed by atoms with E-state index in [-0.39, 0.29) is 0 Å². The number of allylic oxidation sites excluding steroid dienone is 1. The van der Waals surface area contributed by atoms with E-state index in [9.17, 15) is 0 Å². The van der Waals surface area contributed by atoms with Crippen LogP contribution in [0.3, 0.4) is 0 Å². The standard InChI is InChI=1S/C26H53P/c1-2-3-4-5-6-7-8-9-10-11-12-13-14-15-16-17-18-19-20-21-22-23-24-25-26-27/h25-26H,2-24,27H2,1H3. The second-order valence-corrected chi connectivity index (χ2v) is 9.03. The van der Waals surface area contributed by atoms with Crippen LogP contribution in [-0.2, 0) is 0 Å². The zero-order valence-electron chi connectivity index (χ0n) is 19.0. The second kappa shape index (κ2) is 26.2. The van der Waals surface area contributed by atoms with Crippen molar-refractivity contribution in [1.29, 1.82) is 0 Å². The average Bonchev–Trinajstić information content (AvgIpc) is 2.68. The van der Waals surface area contributed by atoms with Crippen molar-refractivity contribution in [3.63, 3.8) is 0 Å². The molecule has 0 bridgehead atoms. The third-order valence-electron chi connectivity index (χ3n) is 5.86. The van der Waals surface area contributed by atoms with Gasteiger partial charge < -0.3 is 0 Å². The summed E-state index contributed by atoms with van der Waals surface area (Å²) in [5.74, 6) is 2.09. The molecule has 1 unspecified atom stereocenters. The summed E-state index contributed by atoms with van der Waals surface area (Å²) in [7, 11) is 2.66. The number of unbranched alkanes of at least 4 members (excludes halogenated alkanes) is 22. The molecule has 0 saturated carbocycles. The first-order valence-corrected chi connectivity index (χ1v) is 13.4. The molecule has 0 heterocycles. The molecule has 0 aliphatic rings. The van der Waals surface area contributed by atoms with Gasteiger partial charge in [0, 0.05) is 0 Å². The molecule has 0 aromatic heterocycles. The molecule has 0 amide bonds. The fourth-order valence-electron chi connectivity index (χ4n) is 3.97. The minimum atomic E-state index is 1.27. The largest absolute Gasteiger partial charge is 0.114 e. The lowest BCUT2D eigenvalue weighted by Crippen LogP contribution is -1.84. The summed E-state index contributed by atoms with van der Waals surface area (Å²) in [5, 5.41) is 0. The summed E-state index contributed by atoms with van der Waals surface area (Å²) in [6, 6.07) is 0. The van der Waals surface area contributed by atoms with Crippen LogP contribution >= 0.6 is 9.24 Å². The Labute approximate surface area is 176 Å². The van der Waals surface area contributed by atoms with Crippen molar-refractivity contribution in [2.45, 2.75) is 155 Å². The van der Waals surface area contributed by atoms with Gasteiger partial charge in [0.25, 0.3) is 0 Å². The van der Waals surface area contributed by atoms with Crippen LogP contribution in [0.2, 0.25) is 0 Å². The van der Waals surface area contributed by atoms with Gasteiger partial charge >= 0.3 is 0 Å². The van der Waals surface area contributed by atoms with Crippen LogP contribution in [0.25, 0.3) is 0 Å². The van der Waals surface area contributed by atoms with Gasteiger partial charge in [-0.3, -0.25) is 0 Å². The smallest absolute Gasteiger partial charge is 0.0347 e. The van der Waals surface area contributed by atoms with Crippen LogP contribution in [0.5, 0.6) is 0 Å². The molecule has 0 fully saturated rings. The number of hydrogen-bond donors (Lipinski definition) is 0. The molecule has 27 heavy (non-hydrogen) atoms. The van der Waals surface area contributed by atoms with E-state index < -0.39 is 0 Å². The zero-order chi connectivity index (χ0) is 19.7. The van der Waals surface area contributed by atoms with Gasteiger partial charge in [0.2, 0.25) is 0 Å². The maximum atomic E-state index is 2.66. The molecule has 0 N–H and O–H groups in total. The van der Waals surface area contributed by atoms with Crippen molar-refractivity contribution < 1.29 is 0 Å². The Morgan fingerprint density at radius 3 is 0.926 bits per heavy atom. The summed E-state index contributed by atoms with van der Waals surface area (Å²) >= 11 is 0. The fourth-order valence-corrected chi connectivity index (χ4v) is 4.16. The van der Waals surface area contributed by atoms with Crippen LogP contribution in [0, 0.1) is 0 Å². The quantitative estimate of drug-likeness (QED) is 0.119. The monoisotopic (exact) mass is 396 g/mol. The summed E-state index contributed by atoms with van der Waals surface area (Å²) < 4.78 is 0. The van der Waals surface area contributed by atoms with E-state index in [0.29, 0.717) is 0 Å². The Morgan fingerprint density at radius 2 is 0.667 bits per heavy atom. The summed E-state index contributed by atoms with van der Waals surface area (Å²) in [4.78, 5) is 0. The molecular formula is C26H53P. The number of hydrogen-bond acceptors (Lipinski definition) is 0. The third kappa shape index (κ3) is 26.2. The van der Waals surface area contributed by atoms with Gasteiger partial charge in [-0.2, -0.15) is 0 Å². The van der Waals surface area contributed by atoms with E-state index in [2.05, 4.69) is 28.1 Å². The van der Waals surface area contributed by atoms with Gasteiger partial charge in [0.05, 0.1) is 0 Å². The third-order valence-corrected chi connectivity index (χ3v) is 6.13. The Morgan fingerprint density at radius 1 is 0.407 bits per heavy atom. The highest BCUT2D eigenvalue weighted by Crippen LogP contribution is 2.15. The van der Waals surface area contributed by atoms with Crippen LogP contribution in [0.4, 0.5) is 0 Å². The summed E-state index contributed by atoms with van der Waals surface area (Å²) in [6.07, 6.45) is 35.8. The minimum Gasteiger partial charge on any atom is -0.114 e. The highest BCUT2D eigenvalue weighted by Gasteiger charge is 1.95. The zero-order valence-corrected chi connectivity index (χ0v) is 20.2. The van der Waals surface area contributed by atoms with Gasteiger partial charge in [0.1, 0.15) is 0 Å². The van der Waals surface area contributed by atoms with Crippen LogP contribution < -0.4 is 0 Å². The molecule has 1 atom stereocenters. The molecular weight excluding hydrogens is 343 g/mol. The average molecular weight is 397 g/mol. The molecule has 0 spiro atoms. The van der Waals surface area contributed by atoms with E-state index in [1.54, 1.807) is 0 Å². The molecule has 1 heteroatoms. The summed E-state index contributed by atoms with van der Waals surface area (Å²) in [6.45, 7) is 2.30. The Balaban J connectivity index is 2.97. The first-order valence-electron chi connectivity index (χ1n) is 12.8. The van der Waals surface area contributed by atoms with Crippen molar-refractivity contribution in [1.82, 2.24) is 0 Å². The van der Waals surface area contributed by atoms with Gasteiger partial charge in [-0.1, -0.05) is 154 Å². The lowest BCUT2D eigenvalue weighted by molar-refractivity contribution is 0.519. The molecule has 0 aliphatic heterocycles. The molecule has 0 aromatic carbocycles. The molecule has 0 saturated heterocycles. The molecule has 0 aliphatic carbocycles. The molecule has 0 rings (SSSR count). The van der Waals surface area contributed by atoms with E-state index >= 15 is 0 Å². The summed E-state index contributed by atoms with van der Waals surface area (Å²) in [5.41, 5.74) is 0. The lowest BCUT2D eigenvalue weighted by Gasteiger charge is -2.04. The van der Waals surface area contributed by atoms with Crippen LogP contribution in [0.15, 0.2) is 11.9 Å². The van der Waals surface area contributed by atoms with Gasteiger partial charge in [-0.25, -0.2) is 0 Å². The van der Waals surface area contributed by atoms with Crippen molar-refractivity contribution in [2.75, 3.05) is 0 Å². The van der Waals surface area contributed by atoms with Crippen LogP contribution in [-0.4, -0.2) is 0 Å². The first-order chi connectivity index (χ1) is 13.4. The number of rotatable bonds is 23. The van der Waals surface area contributed by atoms with Gasteiger partial charge in [-0.15, -0.1) is 9.24 Å². The maximum Gasteiger partial charge on any atom is -0.0347 e. The highest BCUT2D eigenvalue weighted by atomic mass is 31.0. The Kier molecular flexibility index (Phi) is 26.3. The highest BCUT2D eigenvalue weighted by molar-refractivity contribution is 7.20. The molecule has 0 nitrogen and oxygen atoms in total. The lowest BCUT2D eigenvalue weighted by atomic mass is 10.0. The van der Waals surface area contributed by atoms with E-state index in [1.165, 1.54) is 148 Å². The SMILES string of the molecule is CCCCCCCCCCCCCCCCCCCCCCCCC=CP.